The Hall–Kier alpha value is -1.80. The molecule has 1 rings (SSSR count). The molecule has 0 saturated heterocycles. The van der Waals surface area contributed by atoms with Crippen LogP contribution in [0.5, 0.6) is 11.5 Å². The molecule has 8 heteroatoms. The van der Waals surface area contributed by atoms with E-state index in [1.807, 2.05) is 0 Å². The number of rotatable bonds is 6. The Morgan fingerprint density at radius 1 is 1.32 bits per heavy atom. The van der Waals surface area contributed by atoms with Crippen molar-refractivity contribution in [3.8, 4) is 11.5 Å². The molecule has 0 fully saturated rings. The van der Waals surface area contributed by atoms with E-state index in [-0.39, 0.29) is 23.7 Å². The van der Waals surface area contributed by atoms with Crippen molar-refractivity contribution in [3.63, 3.8) is 0 Å². The van der Waals surface area contributed by atoms with Crippen LogP contribution in [0.2, 0.25) is 0 Å². The van der Waals surface area contributed by atoms with Crippen LogP contribution in [0.3, 0.4) is 0 Å². The average Bonchev–Trinajstić information content (AvgIpc) is 2.32. The highest BCUT2D eigenvalue weighted by molar-refractivity contribution is 7.89. The second kappa shape index (κ2) is 5.89. The monoisotopic (exact) mass is 289 g/mol. The molecule has 0 unspecified atom stereocenters. The lowest BCUT2D eigenvalue weighted by atomic mass is 10.1. The molecule has 0 spiro atoms. The SMILES string of the molecule is CCS(=O)(=O)N[C@@H](Cc1ccc(O)c(O)c1)C(=O)O. The van der Waals surface area contributed by atoms with Gasteiger partial charge in [-0.3, -0.25) is 4.79 Å². The van der Waals surface area contributed by atoms with Gasteiger partial charge in [-0.1, -0.05) is 6.07 Å². The van der Waals surface area contributed by atoms with Crippen LogP contribution in [0.25, 0.3) is 0 Å². The summed E-state index contributed by atoms with van der Waals surface area (Å²) in [5, 5.41) is 27.4. The summed E-state index contributed by atoms with van der Waals surface area (Å²) in [6, 6.07) is 2.48. The molecule has 0 amide bonds. The molecule has 1 aromatic carbocycles. The Morgan fingerprint density at radius 2 is 1.95 bits per heavy atom. The van der Waals surface area contributed by atoms with Gasteiger partial charge in [0.2, 0.25) is 10.0 Å². The van der Waals surface area contributed by atoms with E-state index in [1.54, 1.807) is 0 Å². The molecule has 19 heavy (non-hydrogen) atoms. The number of carbonyl (C=O) groups is 1. The van der Waals surface area contributed by atoms with Crippen LogP contribution in [0.4, 0.5) is 0 Å². The first-order valence-corrected chi connectivity index (χ1v) is 7.14. The van der Waals surface area contributed by atoms with E-state index in [2.05, 4.69) is 4.72 Å². The fraction of sp³-hybridized carbons (Fsp3) is 0.364. The highest BCUT2D eigenvalue weighted by Crippen LogP contribution is 2.25. The zero-order valence-corrected chi connectivity index (χ0v) is 11.0. The topological polar surface area (TPSA) is 124 Å². The van der Waals surface area contributed by atoms with Gasteiger partial charge in [0.15, 0.2) is 11.5 Å². The molecule has 106 valence electrons. The third-order valence-corrected chi connectivity index (χ3v) is 3.88. The number of phenols is 2. The molecule has 1 atom stereocenters. The predicted octanol–water partition coefficient (Wildman–Crippen LogP) is 0.0328. The van der Waals surface area contributed by atoms with Crippen molar-refractivity contribution in [1.82, 2.24) is 4.72 Å². The van der Waals surface area contributed by atoms with Gasteiger partial charge in [0.05, 0.1) is 5.75 Å². The van der Waals surface area contributed by atoms with Crippen molar-refractivity contribution in [2.45, 2.75) is 19.4 Å². The van der Waals surface area contributed by atoms with E-state index in [0.29, 0.717) is 5.56 Å². The first-order valence-electron chi connectivity index (χ1n) is 5.49. The van der Waals surface area contributed by atoms with E-state index in [1.165, 1.54) is 25.1 Å². The van der Waals surface area contributed by atoms with Gasteiger partial charge in [0, 0.05) is 0 Å². The molecule has 0 heterocycles. The third-order valence-electron chi connectivity index (χ3n) is 2.48. The van der Waals surface area contributed by atoms with Crippen LogP contribution in [0.15, 0.2) is 18.2 Å². The van der Waals surface area contributed by atoms with Crippen molar-refractivity contribution in [2.75, 3.05) is 5.75 Å². The molecule has 7 nitrogen and oxygen atoms in total. The van der Waals surface area contributed by atoms with E-state index in [4.69, 9.17) is 10.2 Å². The number of sulfonamides is 1. The number of hydrogen-bond donors (Lipinski definition) is 4. The standard InChI is InChI=1S/C11H15NO6S/c1-2-19(17,18)12-8(11(15)16)5-7-3-4-9(13)10(14)6-7/h3-4,6,8,12-14H,2,5H2,1H3,(H,15,16)/t8-/m0/s1. The normalized spacial score (nSPS) is 13.1. The second-order valence-electron chi connectivity index (χ2n) is 3.94. The zero-order chi connectivity index (χ0) is 14.6. The summed E-state index contributed by atoms with van der Waals surface area (Å²) >= 11 is 0. The van der Waals surface area contributed by atoms with E-state index >= 15 is 0 Å². The maximum atomic E-state index is 11.4. The Labute approximate surface area is 110 Å². The minimum atomic E-state index is -3.64. The largest absolute Gasteiger partial charge is 0.504 e. The first-order chi connectivity index (χ1) is 8.75. The highest BCUT2D eigenvalue weighted by Gasteiger charge is 2.23. The maximum absolute atomic E-state index is 11.4. The smallest absolute Gasteiger partial charge is 0.322 e. The van der Waals surface area contributed by atoms with E-state index in [9.17, 15) is 18.3 Å². The van der Waals surface area contributed by atoms with Gasteiger partial charge >= 0.3 is 5.97 Å². The molecule has 1 aromatic rings. The number of aromatic hydroxyl groups is 2. The molecule has 0 aliphatic carbocycles. The summed E-state index contributed by atoms with van der Waals surface area (Å²) < 4.78 is 24.8. The van der Waals surface area contributed by atoms with Crippen molar-refractivity contribution in [2.24, 2.45) is 0 Å². The second-order valence-corrected chi connectivity index (χ2v) is 5.98. The summed E-state index contributed by atoms with van der Waals surface area (Å²) in [4.78, 5) is 11.0. The van der Waals surface area contributed by atoms with E-state index < -0.39 is 22.0 Å². The molecular formula is C11H15NO6S. The summed E-state index contributed by atoms with van der Waals surface area (Å²) in [6.07, 6.45) is -0.137. The van der Waals surface area contributed by atoms with E-state index in [0.717, 1.165) is 0 Å². The van der Waals surface area contributed by atoms with Gasteiger partial charge in [0.25, 0.3) is 0 Å². The first kappa shape index (κ1) is 15.3. The molecule has 0 aliphatic heterocycles. The lowest BCUT2D eigenvalue weighted by Gasteiger charge is -2.14. The summed E-state index contributed by atoms with van der Waals surface area (Å²) in [5.41, 5.74) is 0.390. The number of aliphatic carboxylic acids is 1. The van der Waals surface area contributed by atoms with Gasteiger partial charge in [-0.15, -0.1) is 0 Å². The van der Waals surface area contributed by atoms with Gasteiger partial charge in [-0.2, -0.15) is 0 Å². The minimum Gasteiger partial charge on any atom is -0.504 e. The van der Waals surface area contributed by atoms with Crippen LogP contribution in [0, 0.1) is 0 Å². The van der Waals surface area contributed by atoms with Crippen LogP contribution in [-0.2, 0) is 21.2 Å². The highest BCUT2D eigenvalue weighted by atomic mass is 32.2. The zero-order valence-electron chi connectivity index (χ0n) is 10.2. The Balaban J connectivity index is 2.90. The van der Waals surface area contributed by atoms with Crippen molar-refractivity contribution in [1.29, 1.82) is 0 Å². The number of hydrogen-bond acceptors (Lipinski definition) is 5. The average molecular weight is 289 g/mol. The molecule has 0 aliphatic rings. The Bertz CT molecular complexity index is 569. The van der Waals surface area contributed by atoms with Crippen molar-refractivity contribution < 1.29 is 28.5 Å². The fourth-order valence-electron chi connectivity index (χ4n) is 1.41. The van der Waals surface area contributed by atoms with Crippen LogP contribution in [0.1, 0.15) is 12.5 Å². The fourth-order valence-corrected chi connectivity index (χ4v) is 2.20. The van der Waals surface area contributed by atoms with Crippen LogP contribution >= 0.6 is 0 Å². The molecule has 0 saturated carbocycles. The summed E-state index contributed by atoms with van der Waals surface area (Å²) in [5.74, 6) is -2.26. The molecule has 4 N–H and O–H groups in total. The number of carboxylic acid groups (broad SMARTS) is 1. The van der Waals surface area contributed by atoms with Crippen molar-refractivity contribution in [3.05, 3.63) is 23.8 Å². The van der Waals surface area contributed by atoms with Gasteiger partial charge in [-0.05, 0) is 31.0 Å². The number of carboxylic acids is 1. The molecule has 0 radical (unpaired) electrons. The van der Waals surface area contributed by atoms with Gasteiger partial charge in [0.1, 0.15) is 6.04 Å². The maximum Gasteiger partial charge on any atom is 0.322 e. The minimum absolute atomic E-state index is 0.137. The summed E-state index contributed by atoms with van der Waals surface area (Å²) in [6.45, 7) is 1.40. The quantitative estimate of drug-likeness (QED) is 0.548. The van der Waals surface area contributed by atoms with Gasteiger partial charge in [-0.25, -0.2) is 13.1 Å². The Kier molecular flexibility index (Phi) is 4.73. The number of nitrogens with one attached hydrogen (secondary N) is 1. The molecule has 0 aromatic heterocycles. The number of phenolic OH excluding ortho intramolecular Hbond substituents is 2. The third kappa shape index (κ3) is 4.42. The Morgan fingerprint density at radius 3 is 2.42 bits per heavy atom. The molecular weight excluding hydrogens is 274 g/mol. The van der Waals surface area contributed by atoms with Crippen LogP contribution < -0.4 is 4.72 Å². The van der Waals surface area contributed by atoms with Crippen LogP contribution in [-0.4, -0.2) is 41.5 Å². The molecule has 0 bridgehead atoms. The van der Waals surface area contributed by atoms with Crippen molar-refractivity contribution >= 4 is 16.0 Å². The number of benzene rings is 1. The predicted molar refractivity (Wildman–Crippen MR) is 67.5 cm³/mol. The van der Waals surface area contributed by atoms with Gasteiger partial charge < -0.3 is 15.3 Å². The lowest BCUT2D eigenvalue weighted by Crippen LogP contribution is -2.42. The lowest BCUT2D eigenvalue weighted by molar-refractivity contribution is -0.138. The summed E-state index contributed by atoms with van der Waals surface area (Å²) in [7, 11) is -3.64.